The largest absolute Gasteiger partial charge is 0.489 e. The molecular weight excluding hydrogens is 374 g/mol. The molecule has 4 heteroatoms. The fourth-order valence-electron chi connectivity index (χ4n) is 3.81. The van der Waals surface area contributed by atoms with Crippen molar-refractivity contribution < 1.29 is 14.3 Å². The zero-order chi connectivity index (χ0) is 21.1. The maximum Gasteiger partial charge on any atom is 0.251 e. The van der Waals surface area contributed by atoms with Crippen LogP contribution >= 0.6 is 0 Å². The van der Waals surface area contributed by atoms with Gasteiger partial charge < -0.3 is 14.8 Å². The van der Waals surface area contributed by atoms with Gasteiger partial charge in [-0.3, -0.25) is 4.79 Å². The minimum Gasteiger partial charge on any atom is -0.489 e. The van der Waals surface area contributed by atoms with Crippen LogP contribution in [0.15, 0.2) is 72.8 Å². The van der Waals surface area contributed by atoms with Gasteiger partial charge in [-0.25, -0.2) is 0 Å². The number of carbonyl (C=O) groups is 1. The molecular formula is C26H27NO3. The molecule has 1 aliphatic heterocycles. The Labute approximate surface area is 177 Å². The molecule has 4 nitrogen and oxygen atoms in total. The first-order valence-corrected chi connectivity index (χ1v) is 10.3. The van der Waals surface area contributed by atoms with Crippen LogP contribution in [-0.4, -0.2) is 11.5 Å². The number of fused-ring (bicyclic) bond motifs is 1. The molecule has 1 atom stereocenters. The summed E-state index contributed by atoms with van der Waals surface area (Å²) in [6.45, 7) is 6.61. The Hall–Kier alpha value is -3.27. The highest BCUT2D eigenvalue weighted by Gasteiger charge is 2.34. The third kappa shape index (κ3) is 4.65. The van der Waals surface area contributed by atoms with Gasteiger partial charge >= 0.3 is 0 Å². The standard InChI is InChI=1S/C26H27NO3/c1-18-12-13-24-22(14-18)23(16-26(2,3)30-24)27-25(28)20-10-7-11-21(15-20)29-17-19-8-5-4-6-9-19/h4-15,23H,16-17H2,1-3H3,(H,27,28)/t23-/m1/s1. The molecule has 0 saturated carbocycles. The monoisotopic (exact) mass is 401 g/mol. The SMILES string of the molecule is Cc1ccc2c(c1)[C@H](NC(=O)c1cccc(OCc3ccccc3)c1)CC(C)(C)O2. The molecule has 154 valence electrons. The summed E-state index contributed by atoms with van der Waals surface area (Å²) < 4.78 is 12.0. The second kappa shape index (κ2) is 8.23. The van der Waals surface area contributed by atoms with Gasteiger partial charge in [-0.1, -0.05) is 54.1 Å². The van der Waals surface area contributed by atoms with E-state index in [0.717, 1.165) is 22.4 Å². The van der Waals surface area contributed by atoms with Crippen molar-refractivity contribution in [3.05, 3.63) is 95.1 Å². The number of amides is 1. The lowest BCUT2D eigenvalue weighted by Crippen LogP contribution is -2.41. The van der Waals surface area contributed by atoms with Gasteiger partial charge in [-0.15, -0.1) is 0 Å². The van der Waals surface area contributed by atoms with Crippen molar-refractivity contribution in [1.29, 1.82) is 0 Å². The molecule has 1 N–H and O–H groups in total. The van der Waals surface area contributed by atoms with Crippen LogP contribution < -0.4 is 14.8 Å². The maximum absolute atomic E-state index is 13.0. The first kappa shape index (κ1) is 20.0. The third-order valence-corrected chi connectivity index (χ3v) is 5.27. The second-order valence-corrected chi connectivity index (χ2v) is 8.44. The van der Waals surface area contributed by atoms with Crippen LogP contribution in [0.25, 0.3) is 0 Å². The summed E-state index contributed by atoms with van der Waals surface area (Å²) in [5.41, 5.74) is 3.50. The van der Waals surface area contributed by atoms with Gasteiger partial charge in [0.25, 0.3) is 5.91 Å². The molecule has 0 aromatic heterocycles. The summed E-state index contributed by atoms with van der Waals surface area (Å²) in [6, 6.07) is 23.3. The van der Waals surface area contributed by atoms with Gasteiger partial charge in [0.15, 0.2) is 0 Å². The molecule has 0 unspecified atom stereocenters. The van der Waals surface area contributed by atoms with E-state index >= 15 is 0 Å². The highest BCUT2D eigenvalue weighted by atomic mass is 16.5. The number of aryl methyl sites for hydroxylation is 1. The number of benzene rings is 3. The van der Waals surface area contributed by atoms with Gasteiger partial charge in [0.1, 0.15) is 23.7 Å². The fraction of sp³-hybridized carbons (Fsp3) is 0.269. The van der Waals surface area contributed by atoms with Crippen LogP contribution in [0, 0.1) is 6.92 Å². The van der Waals surface area contributed by atoms with E-state index < -0.39 is 0 Å². The molecule has 0 fully saturated rings. The molecule has 3 aromatic rings. The van der Waals surface area contributed by atoms with E-state index in [0.29, 0.717) is 24.3 Å². The quantitative estimate of drug-likeness (QED) is 0.605. The molecule has 0 bridgehead atoms. The van der Waals surface area contributed by atoms with Crippen LogP contribution in [0.2, 0.25) is 0 Å². The topological polar surface area (TPSA) is 47.6 Å². The van der Waals surface area contributed by atoms with Gasteiger partial charge in [0.2, 0.25) is 0 Å². The number of rotatable bonds is 5. The Kier molecular flexibility index (Phi) is 5.49. The molecule has 0 radical (unpaired) electrons. The van der Waals surface area contributed by atoms with Gasteiger partial charge in [0.05, 0.1) is 6.04 Å². The molecule has 0 aliphatic carbocycles. The van der Waals surface area contributed by atoms with Crippen LogP contribution in [0.1, 0.15) is 53.4 Å². The van der Waals surface area contributed by atoms with Crippen LogP contribution in [-0.2, 0) is 6.61 Å². The van der Waals surface area contributed by atoms with Crippen molar-refractivity contribution in [2.24, 2.45) is 0 Å². The van der Waals surface area contributed by atoms with E-state index in [1.807, 2.05) is 81.4 Å². The van der Waals surface area contributed by atoms with Crippen LogP contribution in [0.4, 0.5) is 0 Å². The van der Waals surface area contributed by atoms with Crippen molar-refractivity contribution in [2.75, 3.05) is 0 Å². The average Bonchev–Trinajstić information content (AvgIpc) is 2.73. The van der Waals surface area contributed by atoms with Crippen LogP contribution in [0.3, 0.4) is 0 Å². The predicted octanol–water partition coefficient (Wildman–Crippen LogP) is 5.61. The molecule has 4 rings (SSSR count). The first-order chi connectivity index (χ1) is 14.4. The average molecular weight is 402 g/mol. The highest BCUT2D eigenvalue weighted by molar-refractivity contribution is 5.94. The molecule has 0 saturated heterocycles. The van der Waals surface area contributed by atoms with Crippen molar-refractivity contribution in [3.63, 3.8) is 0 Å². The van der Waals surface area contributed by atoms with E-state index in [1.165, 1.54) is 0 Å². The van der Waals surface area contributed by atoms with E-state index in [2.05, 4.69) is 11.4 Å². The van der Waals surface area contributed by atoms with Crippen LogP contribution in [0.5, 0.6) is 11.5 Å². The van der Waals surface area contributed by atoms with E-state index in [4.69, 9.17) is 9.47 Å². The zero-order valence-electron chi connectivity index (χ0n) is 17.6. The maximum atomic E-state index is 13.0. The molecule has 3 aromatic carbocycles. The van der Waals surface area contributed by atoms with Gasteiger partial charge in [0, 0.05) is 17.5 Å². The number of ether oxygens (including phenoxy) is 2. The lowest BCUT2D eigenvalue weighted by Gasteiger charge is -2.38. The Morgan fingerprint density at radius 2 is 1.87 bits per heavy atom. The van der Waals surface area contributed by atoms with E-state index in [1.54, 1.807) is 6.07 Å². The van der Waals surface area contributed by atoms with Crippen molar-refractivity contribution in [3.8, 4) is 11.5 Å². The normalized spacial score (nSPS) is 16.8. The zero-order valence-corrected chi connectivity index (χ0v) is 17.6. The van der Waals surface area contributed by atoms with Gasteiger partial charge in [-0.05, 0) is 50.6 Å². The van der Waals surface area contributed by atoms with E-state index in [9.17, 15) is 4.79 Å². The molecule has 1 heterocycles. The number of carbonyl (C=O) groups excluding carboxylic acids is 1. The summed E-state index contributed by atoms with van der Waals surface area (Å²) in [5, 5.41) is 3.20. The lowest BCUT2D eigenvalue weighted by atomic mass is 9.88. The Balaban J connectivity index is 1.49. The number of hydrogen-bond donors (Lipinski definition) is 1. The predicted molar refractivity (Wildman–Crippen MR) is 118 cm³/mol. The minimum atomic E-state index is -0.346. The number of hydrogen-bond acceptors (Lipinski definition) is 3. The molecule has 1 amide bonds. The smallest absolute Gasteiger partial charge is 0.251 e. The third-order valence-electron chi connectivity index (χ3n) is 5.27. The fourth-order valence-corrected chi connectivity index (χ4v) is 3.81. The molecule has 0 spiro atoms. The number of nitrogens with one attached hydrogen (secondary N) is 1. The Morgan fingerprint density at radius 3 is 2.67 bits per heavy atom. The van der Waals surface area contributed by atoms with Gasteiger partial charge in [-0.2, -0.15) is 0 Å². The van der Waals surface area contributed by atoms with E-state index in [-0.39, 0.29) is 17.6 Å². The summed E-state index contributed by atoms with van der Waals surface area (Å²) in [4.78, 5) is 13.0. The molecule has 1 aliphatic rings. The van der Waals surface area contributed by atoms with Crippen molar-refractivity contribution >= 4 is 5.91 Å². The lowest BCUT2D eigenvalue weighted by molar-refractivity contribution is 0.0619. The summed E-state index contributed by atoms with van der Waals surface area (Å²) in [5.74, 6) is 1.40. The summed E-state index contributed by atoms with van der Waals surface area (Å²) in [7, 11) is 0. The Bertz CT molecular complexity index is 1040. The summed E-state index contributed by atoms with van der Waals surface area (Å²) >= 11 is 0. The van der Waals surface area contributed by atoms with Crippen molar-refractivity contribution in [1.82, 2.24) is 5.32 Å². The Morgan fingerprint density at radius 1 is 1.07 bits per heavy atom. The minimum absolute atomic E-state index is 0.106. The first-order valence-electron chi connectivity index (χ1n) is 10.3. The summed E-state index contributed by atoms with van der Waals surface area (Å²) in [6.07, 6.45) is 0.708. The highest BCUT2D eigenvalue weighted by Crippen LogP contribution is 2.40. The molecule has 30 heavy (non-hydrogen) atoms. The van der Waals surface area contributed by atoms with Crippen molar-refractivity contribution in [2.45, 2.75) is 45.4 Å². The second-order valence-electron chi connectivity index (χ2n) is 8.44.